The maximum Gasteiger partial charge on any atom is 0.157 e. The van der Waals surface area contributed by atoms with Crippen molar-refractivity contribution in [3.8, 4) is 0 Å². The molecule has 0 bridgehead atoms. The van der Waals surface area contributed by atoms with E-state index in [1.807, 2.05) is 0 Å². The van der Waals surface area contributed by atoms with Crippen LogP contribution in [0.3, 0.4) is 0 Å². The van der Waals surface area contributed by atoms with E-state index in [1.165, 1.54) is 6.92 Å². The van der Waals surface area contributed by atoms with Crippen molar-refractivity contribution in [2.45, 2.75) is 56.2 Å². The number of hydrogen-bond acceptors (Lipinski definition) is 0. The van der Waals surface area contributed by atoms with Gasteiger partial charge in [-0.15, -0.1) is 0 Å². The molecular formula is C10H20B3F5. The molecule has 0 heterocycles. The standard InChI is InChI=1S/C10H20B3F5/c1-4-6(5(2)14)9(12,17)7(15)10(13,18)8(3,11)16/h5-7H,4,11-13H2,1-3H3. The summed E-state index contributed by atoms with van der Waals surface area (Å²) in [4.78, 5) is 0. The lowest BCUT2D eigenvalue weighted by atomic mass is 9.53. The van der Waals surface area contributed by atoms with Crippen molar-refractivity contribution < 1.29 is 22.0 Å². The summed E-state index contributed by atoms with van der Waals surface area (Å²) >= 11 is 0. The predicted octanol–water partition coefficient (Wildman–Crippen LogP) is 0.625. The Balaban J connectivity index is 5.35. The van der Waals surface area contributed by atoms with E-state index in [2.05, 4.69) is 0 Å². The van der Waals surface area contributed by atoms with Gasteiger partial charge in [0.05, 0.1) is 0 Å². The van der Waals surface area contributed by atoms with Gasteiger partial charge in [-0.05, 0) is 20.3 Å². The summed E-state index contributed by atoms with van der Waals surface area (Å²) in [5, 5.41) is 0. The molecule has 104 valence electrons. The lowest BCUT2D eigenvalue weighted by molar-refractivity contribution is -0.0577. The number of hydrogen-bond donors (Lipinski definition) is 0. The summed E-state index contributed by atoms with van der Waals surface area (Å²) in [6.45, 7) is 3.42. The van der Waals surface area contributed by atoms with Gasteiger partial charge in [0, 0.05) is 5.92 Å². The van der Waals surface area contributed by atoms with E-state index >= 15 is 0 Å². The van der Waals surface area contributed by atoms with Crippen molar-refractivity contribution >= 4 is 23.5 Å². The highest BCUT2D eigenvalue weighted by Crippen LogP contribution is 2.41. The monoisotopic (exact) mass is 268 g/mol. The first kappa shape index (κ1) is 17.8. The third-order valence-electron chi connectivity index (χ3n) is 3.85. The third-order valence-corrected chi connectivity index (χ3v) is 3.85. The maximum absolute atomic E-state index is 14.4. The van der Waals surface area contributed by atoms with E-state index in [1.54, 1.807) is 0 Å². The van der Waals surface area contributed by atoms with Crippen LogP contribution in [0, 0.1) is 5.92 Å². The van der Waals surface area contributed by atoms with E-state index in [4.69, 9.17) is 0 Å². The molecule has 0 spiro atoms. The van der Waals surface area contributed by atoms with Gasteiger partial charge in [-0.3, -0.25) is 8.78 Å². The molecule has 0 nitrogen and oxygen atoms in total. The first-order chi connectivity index (χ1) is 7.80. The van der Waals surface area contributed by atoms with Crippen LogP contribution in [-0.2, 0) is 0 Å². The topological polar surface area (TPSA) is 0 Å². The van der Waals surface area contributed by atoms with E-state index in [0.29, 0.717) is 7.85 Å². The normalized spacial score (nSPS) is 27.3. The molecule has 0 aromatic carbocycles. The van der Waals surface area contributed by atoms with Crippen molar-refractivity contribution in [2.24, 2.45) is 5.92 Å². The summed E-state index contributed by atoms with van der Waals surface area (Å²) in [6.07, 6.45) is -4.37. The van der Waals surface area contributed by atoms with E-state index in [0.717, 1.165) is 29.5 Å². The average Bonchev–Trinajstić information content (AvgIpc) is 2.14. The van der Waals surface area contributed by atoms with E-state index in [-0.39, 0.29) is 6.42 Å². The van der Waals surface area contributed by atoms with Gasteiger partial charge in [0.15, 0.2) is 29.7 Å². The van der Waals surface area contributed by atoms with Gasteiger partial charge in [-0.2, -0.15) is 0 Å². The van der Waals surface area contributed by atoms with Crippen molar-refractivity contribution in [2.75, 3.05) is 0 Å². The first-order valence-electron chi connectivity index (χ1n) is 6.15. The predicted molar refractivity (Wildman–Crippen MR) is 72.1 cm³/mol. The fraction of sp³-hybridized carbons (Fsp3) is 1.00. The molecule has 6 unspecified atom stereocenters. The summed E-state index contributed by atoms with van der Waals surface area (Å²) in [7, 11) is 2.31. The molecule has 0 saturated heterocycles. The van der Waals surface area contributed by atoms with Crippen molar-refractivity contribution in [1.29, 1.82) is 0 Å². The largest absolute Gasteiger partial charge is 0.252 e. The number of halogens is 5. The quantitative estimate of drug-likeness (QED) is 0.489. The second-order valence-corrected chi connectivity index (χ2v) is 5.75. The molecule has 0 amide bonds. The van der Waals surface area contributed by atoms with Crippen LogP contribution in [0.2, 0.25) is 0 Å². The van der Waals surface area contributed by atoms with Crippen LogP contribution >= 0.6 is 0 Å². The Labute approximate surface area is 108 Å². The number of alkyl halides is 5. The number of rotatable bonds is 6. The maximum atomic E-state index is 14.4. The van der Waals surface area contributed by atoms with E-state index < -0.39 is 35.0 Å². The highest BCUT2D eigenvalue weighted by Gasteiger charge is 2.58. The van der Waals surface area contributed by atoms with E-state index in [9.17, 15) is 22.0 Å². The minimum absolute atomic E-state index is 0.00782. The molecule has 0 radical (unpaired) electrons. The van der Waals surface area contributed by atoms with Crippen LogP contribution in [0.1, 0.15) is 27.2 Å². The van der Waals surface area contributed by atoms with Gasteiger partial charge in [0.25, 0.3) is 0 Å². The molecular weight excluding hydrogens is 248 g/mol. The lowest BCUT2D eigenvalue weighted by Crippen LogP contribution is -2.63. The molecule has 0 rings (SSSR count). The van der Waals surface area contributed by atoms with Crippen LogP contribution in [0.4, 0.5) is 22.0 Å². The molecule has 0 aromatic rings. The summed E-state index contributed by atoms with van der Waals surface area (Å²) in [5.74, 6) is -1.31. The summed E-state index contributed by atoms with van der Waals surface area (Å²) in [5.41, 5.74) is -8.35. The van der Waals surface area contributed by atoms with Gasteiger partial charge >= 0.3 is 0 Å². The Bertz CT molecular complexity index is 275. The minimum Gasteiger partial charge on any atom is -0.252 e. The molecule has 0 aromatic heterocycles. The zero-order valence-electron chi connectivity index (χ0n) is 11.8. The van der Waals surface area contributed by atoms with Gasteiger partial charge < -0.3 is 0 Å². The Hall–Kier alpha value is -0.155. The lowest BCUT2D eigenvalue weighted by Gasteiger charge is -2.43. The zero-order valence-corrected chi connectivity index (χ0v) is 11.8. The van der Waals surface area contributed by atoms with Crippen molar-refractivity contribution in [3.05, 3.63) is 0 Å². The fourth-order valence-corrected chi connectivity index (χ4v) is 2.19. The van der Waals surface area contributed by atoms with Gasteiger partial charge in [-0.25, -0.2) is 13.2 Å². The first-order valence-corrected chi connectivity index (χ1v) is 6.15. The SMILES string of the molecule is BC(F)(C(CC)C(C)F)C(F)C(B)(F)C(B)(C)F. The molecule has 0 aliphatic rings. The highest BCUT2D eigenvalue weighted by atomic mass is 19.2. The highest BCUT2D eigenvalue weighted by molar-refractivity contribution is 6.26. The molecule has 0 N–H and O–H groups in total. The average molecular weight is 268 g/mol. The molecule has 8 heteroatoms. The second-order valence-electron chi connectivity index (χ2n) is 5.75. The Morgan fingerprint density at radius 2 is 1.44 bits per heavy atom. The molecule has 6 atom stereocenters. The Morgan fingerprint density at radius 3 is 1.67 bits per heavy atom. The van der Waals surface area contributed by atoms with Crippen LogP contribution in [0.5, 0.6) is 0 Å². The van der Waals surface area contributed by atoms with Gasteiger partial charge in [0.1, 0.15) is 22.9 Å². The molecule has 0 aliphatic carbocycles. The smallest absolute Gasteiger partial charge is 0.157 e. The summed E-state index contributed by atoms with van der Waals surface area (Å²) < 4.78 is 69.6. The Kier molecular flexibility index (Phi) is 5.41. The van der Waals surface area contributed by atoms with Gasteiger partial charge in [-0.1, -0.05) is 6.92 Å². The second kappa shape index (κ2) is 5.45. The van der Waals surface area contributed by atoms with Crippen molar-refractivity contribution in [1.82, 2.24) is 0 Å². The van der Waals surface area contributed by atoms with Crippen LogP contribution in [0.25, 0.3) is 0 Å². The molecule has 0 saturated carbocycles. The van der Waals surface area contributed by atoms with Crippen molar-refractivity contribution in [3.63, 3.8) is 0 Å². The molecule has 0 fully saturated rings. The van der Waals surface area contributed by atoms with Gasteiger partial charge in [0.2, 0.25) is 0 Å². The van der Waals surface area contributed by atoms with Crippen LogP contribution in [-0.4, -0.2) is 52.6 Å². The summed E-state index contributed by atoms with van der Waals surface area (Å²) in [6, 6.07) is 0. The zero-order chi connectivity index (χ0) is 14.9. The minimum atomic E-state index is -3.03. The fourth-order valence-electron chi connectivity index (χ4n) is 2.19. The van der Waals surface area contributed by atoms with Crippen LogP contribution in [0.15, 0.2) is 0 Å². The molecule has 0 aliphatic heterocycles. The van der Waals surface area contributed by atoms with Crippen LogP contribution < -0.4 is 0 Å². The Morgan fingerprint density at radius 1 is 1.06 bits per heavy atom. The molecule has 18 heavy (non-hydrogen) atoms. The third kappa shape index (κ3) is 3.24.